The Balaban J connectivity index is 1.81. The van der Waals surface area contributed by atoms with Gasteiger partial charge < -0.3 is 11.1 Å². The SMILES string of the molecule is CC(C)(N)/C=C/c1ccc(-c2ccnc(N(N)C3CC(C)(C)NC(C)(C)C3)n2)s1. The minimum atomic E-state index is -0.331. The Morgan fingerprint density at radius 3 is 2.45 bits per heavy atom. The van der Waals surface area contributed by atoms with E-state index in [1.165, 1.54) is 0 Å². The van der Waals surface area contributed by atoms with Crippen LogP contribution in [0.5, 0.6) is 0 Å². The largest absolute Gasteiger partial charge is 0.322 e. The average Bonchev–Trinajstić information content (AvgIpc) is 3.05. The molecule has 0 aromatic carbocycles. The third-order valence-corrected chi connectivity index (χ3v) is 6.07. The Morgan fingerprint density at radius 1 is 1.17 bits per heavy atom. The zero-order valence-corrected chi connectivity index (χ0v) is 19.2. The van der Waals surface area contributed by atoms with Crippen LogP contribution in [0.3, 0.4) is 0 Å². The number of hydrazine groups is 1. The molecule has 3 rings (SSSR count). The molecule has 0 aliphatic carbocycles. The second-order valence-corrected chi connectivity index (χ2v) is 11.1. The monoisotopic (exact) mass is 414 g/mol. The first-order valence-corrected chi connectivity index (χ1v) is 10.9. The third kappa shape index (κ3) is 5.85. The van der Waals surface area contributed by atoms with Crippen molar-refractivity contribution in [2.45, 2.75) is 77.0 Å². The summed E-state index contributed by atoms with van der Waals surface area (Å²) in [7, 11) is 0. The van der Waals surface area contributed by atoms with Crippen LogP contribution in [-0.2, 0) is 0 Å². The molecule has 5 N–H and O–H groups in total. The van der Waals surface area contributed by atoms with Crippen LogP contribution in [0.4, 0.5) is 5.95 Å². The zero-order chi connectivity index (χ0) is 21.4. The molecule has 0 saturated carbocycles. The predicted octanol–water partition coefficient (Wildman–Crippen LogP) is 3.94. The number of nitrogens with two attached hydrogens (primary N) is 2. The lowest BCUT2D eigenvalue weighted by molar-refractivity contribution is 0.158. The lowest BCUT2D eigenvalue weighted by Gasteiger charge is -2.48. The van der Waals surface area contributed by atoms with Crippen molar-refractivity contribution in [3.63, 3.8) is 0 Å². The van der Waals surface area contributed by atoms with Gasteiger partial charge in [0.1, 0.15) is 0 Å². The first kappa shape index (κ1) is 21.9. The summed E-state index contributed by atoms with van der Waals surface area (Å²) in [5.74, 6) is 7.08. The van der Waals surface area contributed by atoms with E-state index in [1.807, 2.05) is 26.0 Å². The van der Waals surface area contributed by atoms with Gasteiger partial charge >= 0.3 is 0 Å². The standard InChI is InChI=1S/C22H34N6S/c1-20(2,23)11-9-16-7-8-18(29-16)17-10-12-25-19(26-17)28(24)15-13-21(3,4)27-22(5,6)14-15/h7-12,15,27H,13-14,23-24H2,1-6H3/b11-9+. The number of anilines is 1. The van der Waals surface area contributed by atoms with Crippen LogP contribution in [0.1, 0.15) is 59.3 Å². The lowest BCUT2D eigenvalue weighted by atomic mass is 9.79. The highest BCUT2D eigenvalue weighted by Crippen LogP contribution is 2.33. The van der Waals surface area contributed by atoms with Gasteiger partial charge in [0.25, 0.3) is 0 Å². The van der Waals surface area contributed by atoms with Gasteiger partial charge in [0.15, 0.2) is 0 Å². The molecule has 7 heteroatoms. The number of thiophene rings is 1. The van der Waals surface area contributed by atoms with E-state index in [-0.39, 0.29) is 22.7 Å². The Bertz CT molecular complexity index is 861. The van der Waals surface area contributed by atoms with Crippen molar-refractivity contribution in [3.8, 4) is 10.6 Å². The number of aromatic nitrogens is 2. The number of piperidine rings is 1. The van der Waals surface area contributed by atoms with Crippen LogP contribution in [0, 0.1) is 0 Å². The summed E-state index contributed by atoms with van der Waals surface area (Å²) in [5, 5.41) is 5.44. The molecule has 0 unspecified atom stereocenters. The van der Waals surface area contributed by atoms with E-state index >= 15 is 0 Å². The molecular formula is C22H34N6S. The highest BCUT2D eigenvalue weighted by atomic mass is 32.1. The molecule has 2 aromatic rings. The minimum absolute atomic E-state index is 0.00735. The van der Waals surface area contributed by atoms with Crippen molar-refractivity contribution < 1.29 is 0 Å². The van der Waals surface area contributed by atoms with Crippen LogP contribution in [0.15, 0.2) is 30.5 Å². The van der Waals surface area contributed by atoms with Crippen molar-refractivity contribution in [1.29, 1.82) is 0 Å². The van der Waals surface area contributed by atoms with Crippen molar-refractivity contribution in [3.05, 3.63) is 35.3 Å². The van der Waals surface area contributed by atoms with Gasteiger partial charge in [0.2, 0.25) is 5.95 Å². The summed E-state index contributed by atoms with van der Waals surface area (Å²) < 4.78 is 0. The quantitative estimate of drug-likeness (QED) is 0.507. The van der Waals surface area contributed by atoms with E-state index in [0.717, 1.165) is 28.3 Å². The summed E-state index contributed by atoms with van der Waals surface area (Å²) in [6, 6.07) is 6.27. The molecule has 0 bridgehead atoms. The van der Waals surface area contributed by atoms with Crippen molar-refractivity contribution in [2.75, 3.05) is 5.01 Å². The van der Waals surface area contributed by atoms with E-state index in [9.17, 15) is 0 Å². The lowest BCUT2D eigenvalue weighted by Crippen LogP contribution is -2.63. The molecule has 1 saturated heterocycles. The summed E-state index contributed by atoms with van der Waals surface area (Å²) >= 11 is 1.68. The molecule has 3 heterocycles. The Kier molecular flexibility index (Phi) is 5.89. The highest BCUT2D eigenvalue weighted by molar-refractivity contribution is 7.16. The number of nitrogens with zero attached hydrogens (tertiary/aromatic N) is 3. The van der Waals surface area contributed by atoms with Crippen molar-refractivity contribution in [2.24, 2.45) is 11.6 Å². The van der Waals surface area contributed by atoms with E-state index in [2.05, 4.69) is 56.2 Å². The minimum Gasteiger partial charge on any atom is -0.322 e. The molecule has 6 nitrogen and oxygen atoms in total. The molecule has 29 heavy (non-hydrogen) atoms. The summed E-state index contributed by atoms with van der Waals surface area (Å²) in [6.07, 6.45) is 7.72. The number of hydrogen-bond acceptors (Lipinski definition) is 7. The Morgan fingerprint density at radius 2 is 1.83 bits per heavy atom. The number of rotatable bonds is 5. The first-order valence-electron chi connectivity index (χ1n) is 10.1. The second kappa shape index (κ2) is 7.80. The van der Waals surface area contributed by atoms with Crippen LogP contribution < -0.4 is 21.9 Å². The maximum Gasteiger partial charge on any atom is 0.240 e. The van der Waals surface area contributed by atoms with Gasteiger partial charge in [-0.3, -0.25) is 5.01 Å². The van der Waals surface area contributed by atoms with Gasteiger partial charge in [-0.05, 0) is 78.7 Å². The fourth-order valence-electron chi connectivity index (χ4n) is 4.12. The summed E-state index contributed by atoms with van der Waals surface area (Å²) in [4.78, 5) is 11.5. The molecule has 158 valence electrons. The smallest absolute Gasteiger partial charge is 0.240 e. The van der Waals surface area contributed by atoms with Gasteiger partial charge in [-0.25, -0.2) is 15.8 Å². The fraction of sp³-hybridized carbons (Fsp3) is 0.545. The first-order chi connectivity index (χ1) is 13.3. The molecule has 0 amide bonds. The molecule has 0 radical (unpaired) electrons. The molecule has 1 aliphatic rings. The maximum absolute atomic E-state index is 6.52. The van der Waals surface area contributed by atoms with Gasteiger partial charge in [0.05, 0.1) is 16.6 Å². The van der Waals surface area contributed by atoms with Gasteiger partial charge in [0, 0.05) is 27.7 Å². The van der Waals surface area contributed by atoms with E-state index in [0.29, 0.717) is 5.95 Å². The fourth-order valence-corrected chi connectivity index (χ4v) is 5.00. The van der Waals surface area contributed by atoms with Gasteiger partial charge in [-0.15, -0.1) is 11.3 Å². The topological polar surface area (TPSA) is 93.1 Å². The zero-order valence-electron chi connectivity index (χ0n) is 18.4. The Hall–Kier alpha value is -1.80. The van der Waals surface area contributed by atoms with E-state index in [1.54, 1.807) is 22.5 Å². The summed E-state index contributed by atoms with van der Waals surface area (Å²) in [5.41, 5.74) is 6.60. The molecule has 1 fully saturated rings. The van der Waals surface area contributed by atoms with Gasteiger partial charge in [-0.1, -0.05) is 6.08 Å². The van der Waals surface area contributed by atoms with Crippen LogP contribution in [-0.4, -0.2) is 32.6 Å². The Labute approximate surface area is 178 Å². The number of nitrogens with one attached hydrogen (secondary N) is 1. The third-order valence-electron chi connectivity index (χ3n) is 4.99. The van der Waals surface area contributed by atoms with Crippen LogP contribution in [0.2, 0.25) is 0 Å². The van der Waals surface area contributed by atoms with E-state index < -0.39 is 0 Å². The predicted molar refractivity (Wildman–Crippen MR) is 124 cm³/mol. The summed E-state index contributed by atoms with van der Waals surface area (Å²) in [6.45, 7) is 12.8. The molecule has 1 aliphatic heterocycles. The van der Waals surface area contributed by atoms with E-state index in [4.69, 9.17) is 16.6 Å². The molecule has 0 atom stereocenters. The maximum atomic E-state index is 6.52. The molecular weight excluding hydrogens is 380 g/mol. The van der Waals surface area contributed by atoms with Crippen molar-refractivity contribution in [1.82, 2.24) is 15.3 Å². The second-order valence-electron chi connectivity index (χ2n) is 9.96. The number of hydrogen-bond donors (Lipinski definition) is 3. The molecule has 0 spiro atoms. The normalized spacial score (nSPS) is 19.6. The van der Waals surface area contributed by atoms with Crippen LogP contribution in [0.25, 0.3) is 16.6 Å². The highest BCUT2D eigenvalue weighted by Gasteiger charge is 2.40. The molecule has 2 aromatic heterocycles. The van der Waals surface area contributed by atoms with Gasteiger partial charge in [-0.2, -0.15) is 0 Å². The van der Waals surface area contributed by atoms with Crippen LogP contribution >= 0.6 is 11.3 Å². The average molecular weight is 415 g/mol. The van der Waals surface area contributed by atoms with Crippen molar-refractivity contribution >= 4 is 23.4 Å².